The lowest BCUT2D eigenvalue weighted by atomic mass is 9.97. The molecule has 1 amide bonds. The molecule has 6 heteroatoms. The third kappa shape index (κ3) is 3.32. The molecular formula is C20H19N3O2S. The second-order valence-electron chi connectivity index (χ2n) is 6.21. The number of anilines is 1. The van der Waals surface area contributed by atoms with Crippen LogP contribution in [0.2, 0.25) is 0 Å². The lowest BCUT2D eigenvalue weighted by Crippen LogP contribution is -2.10. The minimum Gasteiger partial charge on any atom is -0.497 e. The summed E-state index contributed by atoms with van der Waals surface area (Å²) in [6.07, 6.45) is 9.35. The zero-order valence-electron chi connectivity index (χ0n) is 14.5. The molecule has 0 saturated carbocycles. The SMILES string of the molecule is COc1ccc(/C=C/C(=O)Nc2ncnc3sc4c(c23)CCCC4)cc1. The van der Waals surface area contributed by atoms with Gasteiger partial charge in [0.1, 0.15) is 22.7 Å². The molecule has 0 radical (unpaired) electrons. The van der Waals surface area contributed by atoms with Crippen LogP contribution in [0.15, 0.2) is 36.7 Å². The number of hydrogen-bond acceptors (Lipinski definition) is 5. The molecule has 0 spiro atoms. The minimum atomic E-state index is -0.198. The van der Waals surface area contributed by atoms with Gasteiger partial charge < -0.3 is 10.1 Å². The van der Waals surface area contributed by atoms with Crippen LogP contribution in [0.3, 0.4) is 0 Å². The summed E-state index contributed by atoms with van der Waals surface area (Å²) in [5, 5.41) is 3.93. The molecule has 3 aromatic rings. The van der Waals surface area contributed by atoms with E-state index in [0.717, 1.165) is 34.4 Å². The summed E-state index contributed by atoms with van der Waals surface area (Å²) >= 11 is 1.72. The van der Waals surface area contributed by atoms with E-state index >= 15 is 0 Å². The third-order valence-electron chi connectivity index (χ3n) is 4.54. The molecular weight excluding hydrogens is 346 g/mol. The van der Waals surface area contributed by atoms with Crippen LogP contribution < -0.4 is 10.1 Å². The van der Waals surface area contributed by atoms with Crippen molar-refractivity contribution < 1.29 is 9.53 Å². The molecule has 0 atom stereocenters. The molecule has 2 aromatic heterocycles. The number of thiophene rings is 1. The van der Waals surface area contributed by atoms with Gasteiger partial charge in [0.25, 0.3) is 0 Å². The van der Waals surface area contributed by atoms with Crippen LogP contribution in [0.5, 0.6) is 5.75 Å². The highest BCUT2D eigenvalue weighted by Gasteiger charge is 2.20. The quantitative estimate of drug-likeness (QED) is 0.703. The van der Waals surface area contributed by atoms with Crippen LogP contribution in [-0.2, 0) is 17.6 Å². The Labute approximate surface area is 155 Å². The number of carbonyl (C=O) groups is 1. The van der Waals surface area contributed by atoms with Crippen molar-refractivity contribution in [1.29, 1.82) is 0 Å². The molecule has 1 aromatic carbocycles. The fourth-order valence-corrected chi connectivity index (χ4v) is 4.46. The standard InChI is InChI=1S/C20H19N3O2S/c1-25-14-9-6-13(7-10-14)8-11-17(24)23-19-18-15-4-2-3-5-16(15)26-20(18)22-12-21-19/h6-12H,2-5H2,1H3,(H,21,22,23,24)/b11-8+. The van der Waals surface area contributed by atoms with Crippen molar-refractivity contribution in [3.63, 3.8) is 0 Å². The average Bonchev–Trinajstić information content (AvgIpc) is 3.06. The maximum atomic E-state index is 12.4. The van der Waals surface area contributed by atoms with Gasteiger partial charge in [-0.1, -0.05) is 12.1 Å². The molecule has 1 aliphatic carbocycles. The van der Waals surface area contributed by atoms with Gasteiger partial charge in [0.2, 0.25) is 5.91 Å². The van der Waals surface area contributed by atoms with Gasteiger partial charge in [0.15, 0.2) is 0 Å². The maximum Gasteiger partial charge on any atom is 0.249 e. The van der Waals surface area contributed by atoms with Crippen molar-refractivity contribution in [2.24, 2.45) is 0 Å². The van der Waals surface area contributed by atoms with Gasteiger partial charge in [-0.2, -0.15) is 0 Å². The Kier molecular flexibility index (Phi) is 4.67. The van der Waals surface area contributed by atoms with Crippen LogP contribution in [0, 0.1) is 0 Å². The van der Waals surface area contributed by atoms with E-state index in [1.54, 1.807) is 24.5 Å². The van der Waals surface area contributed by atoms with Crippen molar-refractivity contribution in [3.8, 4) is 5.75 Å². The van der Waals surface area contributed by atoms with E-state index in [4.69, 9.17) is 4.74 Å². The lowest BCUT2D eigenvalue weighted by molar-refractivity contribution is -0.111. The van der Waals surface area contributed by atoms with Gasteiger partial charge in [-0.25, -0.2) is 9.97 Å². The second kappa shape index (κ2) is 7.25. The van der Waals surface area contributed by atoms with E-state index in [9.17, 15) is 4.79 Å². The van der Waals surface area contributed by atoms with Gasteiger partial charge in [0.05, 0.1) is 12.5 Å². The smallest absolute Gasteiger partial charge is 0.249 e. The summed E-state index contributed by atoms with van der Waals surface area (Å²) in [7, 11) is 1.63. The van der Waals surface area contributed by atoms with Crippen molar-refractivity contribution in [2.45, 2.75) is 25.7 Å². The highest BCUT2D eigenvalue weighted by molar-refractivity contribution is 7.19. The minimum absolute atomic E-state index is 0.198. The van der Waals surface area contributed by atoms with Crippen LogP contribution in [0.1, 0.15) is 28.8 Å². The van der Waals surface area contributed by atoms with Crippen molar-refractivity contribution in [1.82, 2.24) is 9.97 Å². The number of aromatic nitrogens is 2. The van der Waals surface area contributed by atoms with E-state index in [-0.39, 0.29) is 5.91 Å². The molecule has 0 bridgehead atoms. The molecule has 0 fully saturated rings. The van der Waals surface area contributed by atoms with Crippen LogP contribution >= 0.6 is 11.3 Å². The Morgan fingerprint density at radius 2 is 2.00 bits per heavy atom. The first-order chi connectivity index (χ1) is 12.7. The van der Waals surface area contributed by atoms with Crippen LogP contribution in [0.25, 0.3) is 16.3 Å². The first-order valence-electron chi connectivity index (χ1n) is 8.63. The number of ether oxygens (including phenoxy) is 1. The fraction of sp³-hybridized carbons (Fsp3) is 0.250. The Hall–Kier alpha value is -2.73. The number of nitrogens with zero attached hydrogens (tertiary/aromatic N) is 2. The summed E-state index contributed by atoms with van der Waals surface area (Å²) < 4.78 is 5.14. The number of benzene rings is 1. The summed E-state index contributed by atoms with van der Waals surface area (Å²) in [5.74, 6) is 1.20. The number of hydrogen-bond donors (Lipinski definition) is 1. The summed E-state index contributed by atoms with van der Waals surface area (Å²) in [4.78, 5) is 23.4. The van der Waals surface area contributed by atoms with E-state index in [1.165, 1.54) is 35.7 Å². The molecule has 0 saturated heterocycles. The molecule has 0 aliphatic heterocycles. The third-order valence-corrected chi connectivity index (χ3v) is 5.74. The van der Waals surface area contributed by atoms with E-state index in [1.807, 2.05) is 24.3 Å². The number of rotatable bonds is 4. The molecule has 1 N–H and O–H groups in total. The predicted octanol–water partition coefficient (Wildman–Crippen LogP) is 4.23. The Morgan fingerprint density at radius 1 is 1.19 bits per heavy atom. The monoisotopic (exact) mass is 365 g/mol. The number of aryl methyl sites for hydroxylation is 2. The zero-order valence-corrected chi connectivity index (χ0v) is 15.3. The molecule has 132 valence electrons. The second-order valence-corrected chi connectivity index (χ2v) is 7.29. The average molecular weight is 365 g/mol. The van der Waals surface area contributed by atoms with E-state index in [0.29, 0.717) is 5.82 Å². The molecule has 4 rings (SSSR count). The topological polar surface area (TPSA) is 64.1 Å². The lowest BCUT2D eigenvalue weighted by Gasteiger charge is -2.11. The number of methoxy groups -OCH3 is 1. The van der Waals surface area contributed by atoms with Gasteiger partial charge in [-0.05, 0) is 55.0 Å². The Morgan fingerprint density at radius 3 is 2.81 bits per heavy atom. The molecule has 1 aliphatic rings. The Balaban J connectivity index is 1.55. The predicted molar refractivity (Wildman–Crippen MR) is 105 cm³/mol. The largest absolute Gasteiger partial charge is 0.497 e. The van der Waals surface area contributed by atoms with Gasteiger partial charge in [-0.3, -0.25) is 4.79 Å². The molecule has 2 heterocycles. The highest BCUT2D eigenvalue weighted by atomic mass is 32.1. The van der Waals surface area contributed by atoms with E-state index in [2.05, 4.69) is 15.3 Å². The molecule has 26 heavy (non-hydrogen) atoms. The number of nitrogens with one attached hydrogen (secondary N) is 1. The fourth-order valence-electron chi connectivity index (χ4n) is 3.23. The van der Waals surface area contributed by atoms with Gasteiger partial charge in [0, 0.05) is 11.0 Å². The van der Waals surface area contributed by atoms with Crippen LogP contribution in [-0.4, -0.2) is 23.0 Å². The maximum absolute atomic E-state index is 12.4. The highest BCUT2D eigenvalue weighted by Crippen LogP contribution is 2.38. The van der Waals surface area contributed by atoms with Crippen molar-refractivity contribution >= 4 is 39.4 Å². The van der Waals surface area contributed by atoms with Crippen molar-refractivity contribution in [3.05, 3.63) is 52.7 Å². The van der Waals surface area contributed by atoms with E-state index < -0.39 is 0 Å². The number of amides is 1. The first-order valence-corrected chi connectivity index (χ1v) is 9.44. The number of fused-ring (bicyclic) bond motifs is 3. The summed E-state index contributed by atoms with van der Waals surface area (Å²) in [6, 6.07) is 7.54. The first kappa shape index (κ1) is 16.7. The normalized spacial score (nSPS) is 13.7. The van der Waals surface area contributed by atoms with Crippen molar-refractivity contribution in [2.75, 3.05) is 12.4 Å². The van der Waals surface area contributed by atoms with Gasteiger partial charge >= 0.3 is 0 Å². The molecule has 0 unspecified atom stereocenters. The Bertz CT molecular complexity index is 977. The summed E-state index contributed by atoms with van der Waals surface area (Å²) in [6.45, 7) is 0. The molecule has 5 nitrogen and oxygen atoms in total. The zero-order chi connectivity index (χ0) is 17.9. The summed E-state index contributed by atoms with van der Waals surface area (Å²) in [5.41, 5.74) is 2.24. The van der Waals surface area contributed by atoms with Gasteiger partial charge in [-0.15, -0.1) is 11.3 Å². The van der Waals surface area contributed by atoms with Crippen LogP contribution in [0.4, 0.5) is 5.82 Å². The number of carbonyl (C=O) groups excluding carboxylic acids is 1.